The molecule has 164 valence electrons. The summed E-state index contributed by atoms with van der Waals surface area (Å²) in [4.78, 5) is 7.47. The lowest BCUT2D eigenvalue weighted by atomic mass is 10.1. The Morgan fingerprint density at radius 2 is 2.06 bits per heavy atom. The summed E-state index contributed by atoms with van der Waals surface area (Å²) < 4.78 is 6.03. The van der Waals surface area contributed by atoms with Crippen LogP contribution < -0.4 is 5.32 Å². The Bertz CT molecular complexity index is 865. The molecule has 3 aliphatic carbocycles. The first kappa shape index (κ1) is 21.6. The molecule has 0 amide bonds. The van der Waals surface area contributed by atoms with Crippen LogP contribution in [0.4, 0.5) is 0 Å². The van der Waals surface area contributed by atoms with Crippen LogP contribution in [0.15, 0.2) is 88.9 Å². The van der Waals surface area contributed by atoms with Crippen LogP contribution in [0.1, 0.15) is 39.0 Å². The van der Waals surface area contributed by atoms with E-state index in [-0.39, 0.29) is 0 Å². The number of hydrogen-bond donors (Lipinski definition) is 1. The van der Waals surface area contributed by atoms with Gasteiger partial charge >= 0.3 is 0 Å². The molecule has 4 bridgehead atoms. The first-order valence-corrected chi connectivity index (χ1v) is 11.8. The molecule has 0 aromatic heterocycles. The minimum atomic E-state index is 0.440. The highest BCUT2D eigenvalue weighted by Crippen LogP contribution is 2.28. The van der Waals surface area contributed by atoms with Crippen molar-refractivity contribution >= 4 is 5.71 Å². The zero-order valence-corrected chi connectivity index (χ0v) is 18.7. The van der Waals surface area contributed by atoms with Gasteiger partial charge < -0.3 is 10.1 Å². The maximum Gasteiger partial charge on any atom is 0.108 e. The fourth-order valence-corrected chi connectivity index (χ4v) is 4.12. The number of ether oxygens (including phenoxy) is 1. The van der Waals surface area contributed by atoms with Gasteiger partial charge in [0.1, 0.15) is 6.67 Å². The summed E-state index contributed by atoms with van der Waals surface area (Å²) in [5.74, 6) is 1.46. The minimum absolute atomic E-state index is 0.440. The summed E-state index contributed by atoms with van der Waals surface area (Å²) in [6.45, 7) is 5.57. The molecule has 1 unspecified atom stereocenters. The third kappa shape index (κ3) is 6.70. The number of hydrogen-bond acceptors (Lipinski definition) is 4. The van der Waals surface area contributed by atoms with Gasteiger partial charge in [0.05, 0.1) is 12.4 Å². The molecule has 31 heavy (non-hydrogen) atoms. The third-order valence-electron chi connectivity index (χ3n) is 6.05. The van der Waals surface area contributed by atoms with Crippen molar-refractivity contribution in [2.75, 3.05) is 26.4 Å². The Hall–Kier alpha value is -2.59. The van der Waals surface area contributed by atoms with Gasteiger partial charge in [0.2, 0.25) is 0 Å². The van der Waals surface area contributed by atoms with Gasteiger partial charge in [0.15, 0.2) is 0 Å². The second-order valence-electron chi connectivity index (χ2n) is 8.47. The smallest absolute Gasteiger partial charge is 0.108 e. The molecule has 1 fully saturated rings. The van der Waals surface area contributed by atoms with Crippen LogP contribution in [0.25, 0.3) is 0 Å². The predicted molar refractivity (Wildman–Crippen MR) is 130 cm³/mol. The first-order valence-electron chi connectivity index (χ1n) is 11.8. The standard InChI is InChI=1S/C27H35N3O/c1-2-27-23-9-7-11-26(17-13-23)31-19-5-3-4-18-30(25-15-16-25)20-22-8-6-10-24(14-12-22)28-21-29-27/h3-4,6-14,22,25,28H,2,5,15-21H2,1H3/b4-3+,29-27+. The molecular weight excluding hydrogens is 382 g/mol. The predicted octanol–water partition coefficient (Wildman–Crippen LogP) is 5.22. The number of nitrogens with one attached hydrogen (secondary N) is 1. The van der Waals surface area contributed by atoms with Crippen molar-refractivity contribution in [1.82, 2.24) is 10.2 Å². The molecule has 4 aliphatic rings. The number of rotatable bonds is 2. The topological polar surface area (TPSA) is 36.9 Å². The summed E-state index contributed by atoms with van der Waals surface area (Å²) in [6, 6.07) is 0.750. The van der Waals surface area contributed by atoms with Gasteiger partial charge in [-0.1, -0.05) is 55.5 Å². The van der Waals surface area contributed by atoms with E-state index >= 15 is 0 Å². The van der Waals surface area contributed by atoms with Gasteiger partial charge in [0, 0.05) is 42.9 Å². The number of fused-ring (bicyclic) bond motifs is 4. The summed E-state index contributed by atoms with van der Waals surface area (Å²) in [5.41, 5.74) is 3.44. The second-order valence-corrected chi connectivity index (χ2v) is 8.47. The highest BCUT2D eigenvalue weighted by atomic mass is 16.5. The van der Waals surface area contributed by atoms with Crippen LogP contribution in [0.2, 0.25) is 0 Å². The Morgan fingerprint density at radius 3 is 2.94 bits per heavy atom. The van der Waals surface area contributed by atoms with Gasteiger partial charge in [0.25, 0.3) is 0 Å². The van der Waals surface area contributed by atoms with Gasteiger partial charge in [-0.3, -0.25) is 9.89 Å². The summed E-state index contributed by atoms with van der Waals surface area (Å²) >= 11 is 0. The molecule has 1 aliphatic heterocycles. The van der Waals surface area contributed by atoms with Crippen LogP contribution in [-0.4, -0.2) is 43.0 Å². The molecule has 4 nitrogen and oxygen atoms in total. The normalized spacial score (nSPS) is 28.2. The van der Waals surface area contributed by atoms with E-state index in [9.17, 15) is 0 Å². The molecule has 0 radical (unpaired) electrons. The monoisotopic (exact) mass is 417 g/mol. The number of allylic oxidation sites excluding steroid dienone is 8. The van der Waals surface area contributed by atoms with Gasteiger partial charge in [-0.05, 0) is 49.5 Å². The molecular formula is C27H35N3O. The zero-order valence-electron chi connectivity index (χ0n) is 18.7. The van der Waals surface area contributed by atoms with E-state index in [4.69, 9.17) is 9.73 Å². The zero-order chi connectivity index (χ0) is 21.3. The molecule has 1 heterocycles. The fourth-order valence-electron chi connectivity index (χ4n) is 4.12. The summed E-state index contributed by atoms with van der Waals surface area (Å²) in [7, 11) is 0. The molecule has 1 N–H and O–H groups in total. The van der Waals surface area contributed by atoms with E-state index in [1.54, 1.807) is 0 Å². The quantitative estimate of drug-likeness (QED) is 0.626. The highest BCUT2D eigenvalue weighted by Gasteiger charge is 2.29. The van der Waals surface area contributed by atoms with E-state index < -0.39 is 0 Å². The van der Waals surface area contributed by atoms with E-state index in [0.717, 1.165) is 62.2 Å². The van der Waals surface area contributed by atoms with Crippen LogP contribution in [0.3, 0.4) is 0 Å². The van der Waals surface area contributed by atoms with Gasteiger partial charge in [-0.15, -0.1) is 0 Å². The Labute approximate surface area is 187 Å². The fraction of sp³-hybridized carbons (Fsp3) is 0.444. The molecule has 1 atom stereocenters. The molecule has 0 saturated heterocycles. The van der Waals surface area contributed by atoms with Crippen molar-refractivity contribution in [1.29, 1.82) is 0 Å². The maximum atomic E-state index is 6.03. The van der Waals surface area contributed by atoms with E-state index in [2.05, 4.69) is 84.0 Å². The Balaban J connectivity index is 1.50. The van der Waals surface area contributed by atoms with E-state index in [1.165, 1.54) is 18.4 Å². The largest absolute Gasteiger partial charge is 0.497 e. The van der Waals surface area contributed by atoms with Crippen molar-refractivity contribution in [3.8, 4) is 0 Å². The molecule has 0 spiro atoms. The second kappa shape index (κ2) is 11.1. The van der Waals surface area contributed by atoms with Crippen molar-refractivity contribution in [3.05, 3.63) is 83.9 Å². The summed E-state index contributed by atoms with van der Waals surface area (Å²) in [6.07, 6.45) is 29.6. The highest BCUT2D eigenvalue weighted by molar-refractivity contribution is 6.02. The van der Waals surface area contributed by atoms with Crippen LogP contribution in [0.5, 0.6) is 0 Å². The number of aliphatic imine (C=N–C) groups is 1. The van der Waals surface area contributed by atoms with E-state index in [0.29, 0.717) is 12.6 Å². The summed E-state index contributed by atoms with van der Waals surface area (Å²) in [5, 5.41) is 3.48. The first-order chi connectivity index (χ1) is 15.3. The van der Waals surface area contributed by atoms with Gasteiger partial charge in [-0.2, -0.15) is 0 Å². The molecule has 4 heteroatoms. The Kier molecular flexibility index (Phi) is 7.78. The average Bonchev–Trinajstić information content (AvgIpc) is 3.62. The van der Waals surface area contributed by atoms with Crippen molar-refractivity contribution in [3.63, 3.8) is 0 Å². The molecule has 4 rings (SSSR count). The van der Waals surface area contributed by atoms with Crippen LogP contribution >= 0.6 is 0 Å². The lowest BCUT2D eigenvalue weighted by Gasteiger charge is -2.23. The van der Waals surface area contributed by atoms with Crippen LogP contribution in [-0.2, 0) is 4.74 Å². The van der Waals surface area contributed by atoms with Crippen molar-refractivity contribution in [2.24, 2.45) is 10.9 Å². The van der Waals surface area contributed by atoms with E-state index in [1.807, 2.05) is 0 Å². The lowest BCUT2D eigenvalue weighted by Crippen LogP contribution is -2.30. The third-order valence-corrected chi connectivity index (χ3v) is 6.05. The SMILES string of the molecule is CC/C1=N\CNC2=CC=CC(C=C2)CN(C2CC2)C/C=C/CCOC2=CC=CC1=CC2. The van der Waals surface area contributed by atoms with Crippen molar-refractivity contribution < 1.29 is 4.74 Å². The molecule has 0 aromatic rings. The lowest BCUT2D eigenvalue weighted by molar-refractivity contribution is 0.213. The molecule has 0 aromatic carbocycles. The maximum absolute atomic E-state index is 6.03. The van der Waals surface area contributed by atoms with Crippen LogP contribution in [0, 0.1) is 5.92 Å². The average molecular weight is 418 g/mol. The van der Waals surface area contributed by atoms with Crippen molar-refractivity contribution in [2.45, 2.75) is 45.1 Å². The molecule has 1 saturated carbocycles. The number of nitrogens with zero attached hydrogens (tertiary/aromatic N) is 2. The Morgan fingerprint density at radius 1 is 1.13 bits per heavy atom. The minimum Gasteiger partial charge on any atom is -0.497 e. The van der Waals surface area contributed by atoms with Gasteiger partial charge in [-0.25, -0.2) is 0 Å².